The lowest BCUT2D eigenvalue weighted by molar-refractivity contribution is -0.0425. The van der Waals surface area contributed by atoms with Crippen molar-refractivity contribution >= 4 is 30.6 Å². The Morgan fingerprint density at radius 1 is 1.11 bits per heavy atom. The number of aliphatic hydroxyl groups excluding tert-OH is 1. The molecular formula is C22H21N6O7P. The van der Waals surface area contributed by atoms with Crippen LogP contribution in [0.3, 0.4) is 0 Å². The third kappa shape index (κ3) is 5.16. The summed E-state index contributed by atoms with van der Waals surface area (Å²) in [6, 6.07) is 17.2. The molecule has 2 aromatic carbocycles. The molecule has 3 atom stereocenters. The number of nitrogens with one attached hydrogen (secondary N) is 1. The van der Waals surface area contributed by atoms with Crippen LogP contribution in [-0.4, -0.2) is 53.2 Å². The largest absolute Gasteiger partial charge is 0.469 e. The van der Waals surface area contributed by atoms with Crippen molar-refractivity contribution in [3.63, 3.8) is 0 Å². The molecule has 0 spiro atoms. The van der Waals surface area contributed by atoms with Crippen molar-refractivity contribution in [2.45, 2.75) is 24.9 Å². The van der Waals surface area contributed by atoms with Gasteiger partial charge in [0.1, 0.15) is 18.4 Å². The molecule has 0 aliphatic carbocycles. The second-order valence-electron chi connectivity index (χ2n) is 8.01. The summed E-state index contributed by atoms with van der Waals surface area (Å²) in [5, 5.41) is 17.7. The summed E-state index contributed by atoms with van der Waals surface area (Å²) in [5.74, 6) is -0.0684. The molecule has 4 N–H and O–H groups in total. The number of H-pyrrole nitrogens is 1. The highest BCUT2D eigenvalue weighted by Gasteiger charge is 2.40. The van der Waals surface area contributed by atoms with Crippen LogP contribution in [-0.2, 0) is 13.8 Å². The molecule has 1 aliphatic rings. The van der Waals surface area contributed by atoms with Crippen LogP contribution in [0.2, 0.25) is 0 Å². The van der Waals surface area contributed by atoms with Crippen molar-refractivity contribution in [3.8, 4) is 11.1 Å². The van der Waals surface area contributed by atoms with Gasteiger partial charge in [0.25, 0.3) is 11.5 Å². The molecule has 5 rings (SSSR count). The highest BCUT2D eigenvalue weighted by atomic mass is 31.2. The van der Waals surface area contributed by atoms with Gasteiger partial charge in [0, 0.05) is 6.42 Å². The molecule has 36 heavy (non-hydrogen) atoms. The van der Waals surface area contributed by atoms with Crippen LogP contribution >= 0.6 is 7.82 Å². The molecular weight excluding hydrogens is 491 g/mol. The predicted molar refractivity (Wildman–Crippen MR) is 127 cm³/mol. The standard InChI is InChI=1S/C22H21N6O7P/c29-11-17-16(35-36(31,32)33)10-18(34-17)28-12-23-19-20(28)24-22(25-21(19)30)27-26-15-8-6-14(7-9-15)13-4-2-1-3-5-13/h1-9,12,16-18,29H,10-11H2,(H,24,25,30)(H2,31,32,33)/t16-,17+,18+/m0/s1. The van der Waals surface area contributed by atoms with E-state index in [9.17, 15) is 14.5 Å². The predicted octanol–water partition coefficient (Wildman–Crippen LogP) is 2.96. The van der Waals surface area contributed by atoms with Gasteiger partial charge in [-0.3, -0.25) is 18.9 Å². The fourth-order valence-corrected chi connectivity index (χ4v) is 4.53. The first kappa shape index (κ1) is 24.1. The number of fused-ring (bicyclic) bond motifs is 1. The first-order valence-electron chi connectivity index (χ1n) is 10.8. The van der Waals surface area contributed by atoms with E-state index in [0.29, 0.717) is 5.69 Å². The van der Waals surface area contributed by atoms with Crippen molar-refractivity contribution in [2.24, 2.45) is 10.2 Å². The quantitative estimate of drug-likeness (QED) is 0.213. The van der Waals surface area contributed by atoms with Gasteiger partial charge in [-0.2, -0.15) is 4.98 Å². The van der Waals surface area contributed by atoms with Crippen LogP contribution < -0.4 is 5.56 Å². The number of azo groups is 1. The summed E-state index contributed by atoms with van der Waals surface area (Å²) in [4.78, 5) is 41.7. The third-order valence-electron chi connectivity index (χ3n) is 5.60. The highest BCUT2D eigenvalue weighted by molar-refractivity contribution is 7.46. The summed E-state index contributed by atoms with van der Waals surface area (Å²) in [6.07, 6.45) is -1.59. The molecule has 3 heterocycles. The molecule has 186 valence electrons. The molecule has 0 saturated carbocycles. The monoisotopic (exact) mass is 512 g/mol. The first-order valence-corrected chi connectivity index (χ1v) is 12.4. The SMILES string of the molecule is O=c1[nH]c(N=Nc2ccc(-c3ccccc3)cc2)nc2c1ncn2[C@H]1C[C@H](OP(=O)(O)O)[C@@H](CO)O1. The number of ether oxygens (including phenoxy) is 1. The van der Waals surface area contributed by atoms with Gasteiger partial charge in [-0.05, 0) is 23.3 Å². The average Bonchev–Trinajstić information content (AvgIpc) is 3.46. The molecule has 0 amide bonds. The minimum Gasteiger partial charge on any atom is -0.394 e. The molecule has 13 nitrogen and oxygen atoms in total. The number of imidazole rings is 1. The van der Waals surface area contributed by atoms with Crippen molar-refractivity contribution < 1.29 is 28.7 Å². The van der Waals surface area contributed by atoms with Gasteiger partial charge in [-0.25, -0.2) is 9.55 Å². The summed E-state index contributed by atoms with van der Waals surface area (Å²) >= 11 is 0. The van der Waals surface area contributed by atoms with E-state index in [4.69, 9.17) is 19.0 Å². The highest BCUT2D eigenvalue weighted by Crippen LogP contribution is 2.43. The fourth-order valence-electron chi connectivity index (χ4n) is 3.95. The summed E-state index contributed by atoms with van der Waals surface area (Å²) < 4.78 is 23.1. The number of aromatic nitrogens is 4. The van der Waals surface area contributed by atoms with Crippen LogP contribution in [0.15, 0.2) is 75.9 Å². The van der Waals surface area contributed by atoms with Crippen LogP contribution in [0.25, 0.3) is 22.3 Å². The Balaban J connectivity index is 1.39. The molecule has 1 saturated heterocycles. The second-order valence-corrected chi connectivity index (χ2v) is 9.20. The Bertz CT molecular complexity index is 1500. The molecule has 2 aromatic heterocycles. The number of phosphoric ester groups is 1. The van der Waals surface area contributed by atoms with E-state index in [-0.39, 0.29) is 23.5 Å². The second kappa shape index (κ2) is 9.82. The number of hydrogen-bond donors (Lipinski definition) is 4. The van der Waals surface area contributed by atoms with Crippen LogP contribution in [0.5, 0.6) is 0 Å². The van der Waals surface area contributed by atoms with Crippen LogP contribution in [0, 0.1) is 0 Å². The maximum absolute atomic E-state index is 12.5. The Morgan fingerprint density at radius 3 is 2.53 bits per heavy atom. The number of nitrogens with zero attached hydrogens (tertiary/aromatic N) is 5. The normalized spacial score (nSPS) is 20.5. The summed E-state index contributed by atoms with van der Waals surface area (Å²) in [6.45, 7) is -0.523. The molecule has 0 radical (unpaired) electrons. The lowest BCUT2D eigenvalue weighted by Crippen LogP contribution is -2.26. The van der Waals surface area contributed by atoms with Crippen molar-refractivity contribution in [2.75, 3.05) is 6.61 Å². The van der Waals surface area contributed by atoms with Gasteiger partial charge >= 0.3 is 7.82 Å². The Labute approximate surface area is 203 Å². The van der Waals surface area contributed by atoms with E-state index in [2.05, 4.69) is 25.2 Å². The van der Waals surface area contributed by atoms with E-state index >= 15 is 0 Å². The minimum absolute atomic E-state index is 0.0130. The maximum Gasteiger partial charge on any atom is 0.469 e. The van der Waals surface area contributed by atoms with Gasteiger partial charge in [0.2, 0.25) is 0 Å². The fraction of sp³-hybridized carbons (Fsp3) is 0.227. The topological polar surface area (TPSA) is 185 Å². The van der Waals surface area contributed by atoms with Gasteiger partial charge in [0.15, 0.2) is 11.2 Å². The van der Waals surface area contributed by atoms with E-state index in [1.54, 1.807) is 12.1 Å². The maximum atomic E-state index is 12.5. The van der Waals surface area contributed by atoms with E-state index in [0.717, 1.165) is 11.1 Å². The molecule has 4 aromatic rings. The zero-order valence-electron chi connectivity index (χ0n) is 18.6. The zero-order valence-corrected chi connectivity index (χ0v) is 19.5. The summed E-state index contributed by atoms with van der Waals surface area (Å²) in [5.41, 5.74) is 2.23. The van der Waals surface area contributed by atoms with E-state index in [1.807, 2.05) is 42.5 Å². The van der Waals surface area contributed by atoms with Crippen LogP contribution in [0.1, 0.15) is 12.6 Å². The number of aromatic amines is 1. The minimum atomic E-state index is -4.81. The van der Waals surface area contributed by atoms with Crippen molar-refractivity contribution in [1.29, 1.82) is 0 Å². The average molecular weight is 512 g/mol. The number of phosphoric acid groups is 1. The molecule has 0 unspecified atom stereocenters. The number of rotatable bonds is 7. The summed E-state index contributed by atoms with van der Waals surface area (Å²) in [7, 11) is -4.81. The molecule has 1 aliphatic heterocycles. The number of hydrogen-bond acceptors (Lipinski definition) is 9. The van der Waals surface area contributed by atoms with Gasteiger partial charge in [-0.15, -0.1) is 10.2 Å². The third-order valence-corrected chi connectivity index (χ3v) is 6.14. The van der Waals surface area contributed by atoms with Crippen LogP contribution in [0.4, 0.5) is 11.6 Å². The Hall–Kier alpha value is -3.58. The lowest BCUT2D eigenvalue weighted by Gasteiger charge is -2.16. The molecule has 0 bridgehead atoms. The molecule has 1 fully saturated rings. The van der Waals surface area contributed by atoms with E-state index < -0.39 is 38.4 Å². The van der Waals surface area contributed by atoms with Gasteiger partial charge in [0.05, 0.1) is 18.6 Å². The van der Waals surface area contributed by atoms with Gasteiger partial charge in [-0.1, -0.05) is 42.5 Å². The molecule has 14 heteroatoms. The first-order chi connectivity index (χ1) is 17.3. The zero-order chi connectivity index (χ0) is 25.3. The Kier molecular flexibility index (Phi) is 6.58. The van der Waals surface area contributed by atoms with Crippen molar-refractivity contribution in [1.82, 2.24) is 19.5 Å². The van der Waals surface area contributed by atoms with E-state index in [1.165, 1.54) is 10.9 Å². The van der Waals surface area contributed by atoms with Gasteiger partial charge < -0.3 is 19.6 Å². The number of benzene rings is 2. The number of aliphatic hydroxyl groups is 1. The Morgan fingerprint density at radius 2 is 1.83 bits per heavy atom. The smallest absolute Gasteiger partial charge is 0.394 e. The van der Waals surface area contributed by atoms with Crippen molar-refractivity contribution in [3.05, 3.63) is 71.3 Å². The lowest BCUT2D eigenvalue weighted by atomic mass is 10.1.